The molecule has 0 spiro atoms. The summed E-state index contributed by atoms with van der Waals surface area (Å²) in [5.74, 6) is 1.42. The minimum Gasteiger partial charge on any atom is -0.328 e. The Morgan fingerprint density at radius 3 is 2.60 bits per heavy atom. The lowest BCUT2D eigenvalue weighted by atomic mass is 10.1. The van der Waals surface area contributed by atoms with E-state index >= 15 is 0 Å². The van der Waals surface area contributed by atoms with Gasteiger partial charge in [0.1, 0.15) is 5.56 Å². The monoisotopic (exact) mass is 286 g/mol. The van der Waals surface area contributed by atoms with Crippen LogP contribution in [-0.4, -0.2) is 34.0 Å². The SMILES string of the molecule is O=C(c1ccc(-c2ccccc2)[nH]c1=O)N1CCSC1. The van der Waals surface area contributed by atoms with Gasteiger partial charge in [0.2, 0.25) is 0 Å². The number of rotatable bonds is 2. The Kier molecular flexibility index (Phi) is 3.60. The molecule has 3 rings (SSSR count). The molecule has 0 atom stereocenters. The number of nitrogens with zero attached hydrogens (tertiary/aromatic N) is 1. The van der Waals surface area contributed by atoms with E-state index in [1.807, 2.05) is 30.3 Å². The van der Waals surface area contributed by atoms with E-state index in [4.69, 9.17) is 0 Å². The van der Waals surface area contributed by atoms with Crippen LogP contribution in [0.5, 0.6) is 0 Å². The van der Waals surface area contributed by atoms with Crippen molar-refractivity contribution in [3.8, 4) is 11.3 Å². The van der Waals surface area contributed by atoms with E-state index < -0.39 is 0 Å². The summed E-state index contributed by atoms with van der Waals surface area (Å²) in [6.07, 6.45) is 0. The fraction of sp³-hybridized carbons (Fsp3) is 0.200. The molecule has 5 heteroatoms. The van der Waals surface area contributed by atoms with Crippen LogP contribution in [0.2, 0.25) is 0 Å². The third-order valence-electron chi connectivity index (χ3n) is 3.26. The lowest BCUT2D eigenvalue weighted by Gasteiger charge is -2.13. The first-order valence-corrected chi connectivity index (χ1v) is 7.57. The number of carbonyl (C=O) groups is 1. The van der Waals surface area contributed by atoms with Gasteiger partial charge < -0.3 is 9.88 Å². The van der Waals surface area contributed by atoms with Crippen LogP contribution < -0.4 is 5.56 Å². The second-order valence-electron chi connectivity index (χ2n) is 4.59. The molecule has 1 aliphatic rings. The molecule has 1 amide bonds. The smallest absolute Gasteiger partial charge is 0.261 e. The molecule has 1 saturated heterocycles. The van der Waals surface area contributed by atoms with Gasteiger partial charge in [-0.2, -0.15) is 0 Å². The summed E-state index contributed by atoms with van der Waals surface area (Å²) >= 11 is 1.70. The number of nitrogens with one attached hydrogen (secondary N) is 1. The molecule has 1 aromatic heterocycles. The molecule has 1 N–H and O–H groups in total. The fourth-order valence-corrected chi connectivity index (χ4v) is 3.12. The van der Waals surface area contributed by atoms with Crippen molar-refractivity contribution < 1.29 is 4.79 Å². The van der Waals surface area contributed by atoms with Crippen LogP contribution in [0, 0.1) is 0 Å². The molecule has 2 heterocycles. The zero-order valence-corrected chi connectivity index (χ0v) is 11.7. The van der Waals surface area contributed by atoms with Crippen LogP contribution in [0.4, 0.5) is 0 Å². The topological polar surface area (TPSA) is 53.2 Å². The highest BCUT2D eigenvalue weighted by Gasteiger charge is 2.22. The van der Waals surface area contributed by atoms with Gasteiger partial charge in [0.25, 0.3) is 11.5 Å². The van der Waals surface area contributed by atoms with Gasteiger partial charge in [0.05, 0.1) is 5.88 Å². The molecule has 102 valence electrons. The molecule has 0 bridgehead atoms. The predicted octanol–water partition coefficient (Wildman–Crippen LogP) is 2.19. The third-order valence-corrected chi connectivity index (χ3v) is 4.23. The number of aromatic nitrogens is 1. The zero-order chi connectivity index (χ0) is 13.9. The minimum atomic E-state index is -0.326. The number of pyridine rings is 1. The van der Waals surface area contributed by atoms with E-state index in [0.29, 0.717) is 12.4 Å². The van der Waals surface area contributed by atoms with Crippen LogP contribution in [0.3, 0.4) is 0 Å². The van der Waals surface area contributed by atoms with Gasteiger partial charge in [0, 0.05) is 18.0 Å². The lowest BCUT2D eigenvalue weighted by Crippen LogP contribution is -2.32. The van der Waals surface area contributed by atoms with Gasteiger partial charge in [-0.3, -0.25) is 9.59 Å². The maximum Gasteiger partial charge on any atom is 0.261 e. The first-order valence-electron chi connectivity index (χ1n) is 6.41. The van der Waals surface area contributed by atoms with E-state index in [2.05, 4.69) is 4.98 Å². The van der Waals surface area contributed by atoms with Gasteiger partial charge in [0.15, 0.2) is 0 Å². The Bertz CT molecular complexity index is 676. The highest BCUT2D eigenvalue weighted by atomic mass is 32.2. The van der Waals surface area contributed by atoms with Crippen molar-refractivity contribution in [2.45, 2.75) is 0 Å². The summed E-state index contributed by atoms with van der Waals surface area (Å²) in [5.41, 5.74) is 1.55. The van der Waals surface area contributed by atoms with Crippen molar-refractivity contribution >= 4 is 17.7 Å². The predicted molar refractivity (Wildman–Crippen MR) is 80.9 cm³/mol. The number of thioether (sulfide) groups is 1. The van der Waals surface area contributed by atoms with Crippen molar-refractivity contribution in [2.75, 3.05) is 18.2 Å². The van der Waals surface area contributed by atoms with Crippen LogP contribution in [0.1, 0.15) is 10.4 Å². The van der Waals surface area contributed by atoms with E-state index in [1.165, 1.54) is 0 Å². The van der Waals surface area contributed by atoms with Gasteiger partial charge in [-0.1, -0.05) is 30.3 Å². The Labute approximate surface area is 120 Å². The van der Waals surface area contributed by atoms with Gasteiger partial charge in [-0.05, 0) is 17.7 Å². The summed E-state index contributed by atoms with van der Waals surface area (Å²) in [7, 11) is 0. The normalized spacial score (nSPS) is 14.5. The Morgan fingerprint density at radius 1 is 1.15 bits per heavy atom. The molecule has 0 unspecified atom stereocenters. The number of carbonyl (C=O) groups excluding carboxylic acids is 1. The summed E-state index contributed by atoms with van der Waals surface area (Å²) in [4.78, 5) is 28.8. The van der Waals surface area contributed by atoms with Gasteiger partial charge in [-0.25, -0.2) is 0 Å². The highest BCUT2D eigenvalue weighted by Crippen LogP contribution is 2.17. The van der Waals surface area contributed by atoms with Crippen LogP contribution in [0.25, 0.3) is 11.3 Å². The molecule has 1 aliphatic heterocycles. The first-order chi connectivity index (χ1) is 9.75. The quantitative estimate of drug-likeness (QED) is 0.920. The average Bonchev–Trinajstić information content (AvgIpc) is 3.01. The lowest BCUT2D eigenvalue weighted by molar-refractivity contribution is 0.0801. The second-order valence-corrected chi connectivity index (χ2v) is 5.66. The summed E-state index contributed by atoms with van der Waals surface area (Å²) in [6.45, 7) is 0.712. The Morgan fingerprint density at radius 2 is 1.95 bits per heavy atom. The highest BCUT2D eigenvalue weighted by molar-refractivity contribution is 7.99. The first kappa shape index (κ1) is 13.0. The molecule has 1 fully saturated rings. The molecule has 20 heavy (non-hydrogen) atoms. The molecular weight excluding hydrogens is 272 g/mol. The number of aromatic amines is 1. The maximum atomic E-state index is 12.2. The van der Waals surface area contributed by atoms with Crippen molar-refractivity contribution in [1.29, 1.82) is 0 Å². The molecule has 1 aromatic carbocycles. The van der Waals surface area contributed by atoms with Gasteiger partial charge in [-0.15, -0.1) is 11.8 Å². The molecule has 0 radical (unpaired) electrons. The van der Waals surface area contributed by atoms with Crippen LogP contribution in [0.15, 0.2) is 47.3 Å². The number of benzene rings is 1. The number of hydrogen-bond acceptors (Lipinski definition) is 3. The minimum absolute atomic E-state index is 0.184. The molecule has 4 nitrogen and oxygen atoms in total. The van der Waals surface area contributed by atoms with E-state index in [0.717, 1.165) is 17.0 Å². The van der Waals surface area contributed by atoms with E-state index in [9.17, 15) is 9.59 Å². The third kappa shape index (κ3) is 2.49. The Hall–Kier alpha value is -2.01. The van der Waals surface area contributed by atoms with Crippen molar-refractivity contribution in [2.24, 2.45) is 0 Å². The van der Waals surface area contributed by atoms with E-state index in [-0.39, 0.29) is 17.0 Å². The average molecular weight is 286 g/mol. The maximum absolute atomic E-state index is 12.2. The molecule has 0 saturated carbocycles. The number of hydrogen-bond donors (Lipinski definition) is 1. The molecule has 0 aliphatic carbocycles. The Balaban J connectivity index is 1.92. The van der Waals surface area contributed by atoms with Crippen molar-refractivity contribution in [3.63, 3.8) is 0 Å². The number of amides is 1. The molecular formula is C15H14N2O2S. The van der Waals surface area contributed by atoms with Crippen molar-refractivity contribution in [1.82, 2.24) is 9.88 Å². The zero-order valence-electron chi connectivity index (χ0n) is 10.8. The number of H-pyrrole nitrogens is 1. The second kappa shape index (κ2) is 5.54. The van der Waals surface area contributed by atoms with Crippen LogP contribution in [-0.2, 0) is 0 Å². The van der Waals surface area contributed by atoms with Crippen LogP contribution >= 0.6 is 11.8 Å². The fourth-order valence-electron chi connectivity index (χ4n) is 2.17. The summed E-state index contributed by atoms with van der Waals surface area (Å²) < 4.78 is 0. The summed E-state index contributed by atoms with van der Waals surface area (Å²) in [6, 6.07) is 13.0. The van der Waals surface area contributed by atoms with E-state index in [1.54, 1.807) is 28.8 Å². The van der Waals surface area contributed by atoms with Gasteiger partial charge >= 0.3 is 0 Å². The standard InChI is InChI=1S/C15H14N2O2S/c18-14-12(15(19)17-8-9-20-10-17)6-7-13(16-14)11-4-2-1-3-5-11/h1-7H,8-10H2,(H,16,18). The summed E-state index contributed by atoms with van der Waals surface area (Å²) in [5, 5.41) is 0. The molecule has 2 aromatic rings. The van der Waals surface area contributed by atoms with Crippen molar-refractivity contribution in [3.05, 3.63) is 58.4 Å². The largest absolute Gasteiger partial charge is 0.328 e.